The van der Waals surface area contributed by atoms with Gasteiger partial charge >= 0.3 is 0 Å². The molecule has 132 valence electrons. The molecule has 7 heteroatoms. The Hall–Kier alpha value is -2.25. The number of carbonyl (C=O) groups excluding carboxylic acids is 1. The molecule has 2 aromatic heterocycles. The SMILES string of the molecule is O=C(CC1CCC2(CC1)OCCO2)Nc1cc(-c2ccncc2)[nH]n1. The number of rotatable bonds is 4. The first-order chi connectivity index (χ1) is 12.2. The predicted octanol–water partition coefficient (Wildman–Crippen LogP) is 2.73. The van der Waals surface area contributed by atoms with Gasteiger partial charge < -0.3 is 14.8 Å². The van der Waals surface area contributed by atoms with Crippen molar-refractivity contribution in [2.75, 3.05) is 18.5 Å². The van der Waals surface area contributed by atoms with Gasteiger partial charge in [0.1, 0.15) is 0 Å². The first-order valence-corrected chi connectivity index (χ1v) is 8.76. The second kappa shape index (κ2) is 6.93. The number of pyridine rings is 1. The third kappa shape index (κ3) is 3.72. The lowest BCUT2D eigenvalue weighted by Gasteiger charge is -2.35. The van der Waals surface area contributed by atoms with Crippen LogP contribution in [-0.4, -0.2) is 40.1 Å². The molecule has 2 N–H and O–H groups in total. The van der Waals surface area contributed by atoms with Crippen LogP contribution >= 0.6 is 0 Å². The van der Waals surface area contributed by atoms with Crippen molar-refractivity contribution in [1.29, 1.82) is 0 Å². The Kier molecular flexibility index (Phi) is 4.50. The van der Waals surface area contributed by atoms with Gasteiger partial charge in [-0.25, -0.2) is 0 Å². The minimum absolute atomic E-state index is 0.00184. The van der Waals surface area contributed by atoms with Gasteiger partial charge in [0, 0.05) is 43.3 Å². The van der Waals surface area contributed by atoms with Crippen LogP contribution in [0.4, 0.5) is 5.82 Å². The largest absolute Gasteiger partial charge is 0.348 e. The molecule has 1 saturated carbocycles. The van der Waals surface area contributed by atoms with E-state index in [1.165, 1.54) is 0 Å². The van der Waals surface area contributed by atoms with E-state index >= 15 is 0 Å². The van der Waals surface area contributed by atoms with Gasteiger partial charge in [0.2, 0.25) is 5.91 Å². The zero-order chi connectivity index (χ0) is 17.1. The number of anilines is 1. The van der Waals surface area contributed by atoms with Crippen LogP contribution in [0.5, 0.6) is 0 Å². The van der Waals surface area contributed by atoms with E-state index in [1.54, 1.807) is 12.4 Å². The zero-order valence-corrected chi connectivity index (χ0v) is 14.0. The second-order valence-electron chi connectivity index (χ2n) is 6.71. The average Bonchev–Trinajstić information content (AvgIpc) is 3.28. The molecular weight excluding hydrogens is 320 g/mol. The lowest BCUT2D eigenvalue weighted by atomic mass is 9.83. The smallest absolute Gasteiger partial charge is 0.225 e. The molecule has 1 aliphatic heterocycles. The highest BCUT2D eigenvalue weighted by Gasteiger charge is 2.40. The number of nitrogens with zero attached hydrogens (tertiary/aromatic N) is 2. The molecule has 1 amide bonds. The monoisotopic (exact) mass is 342 g/mol. The molecule has 2 aromatic rings. The fraction of sp³-hybridized carbons (Fsp3) is 0.500. The molecule has 0 unspecified atom stereocenters. The number of amides is 1. The minimum atomic E-state index is -0.366. The van der Waals surface area contributed by atoms with Crippen molar-refractivity contribution in [3.05, 3.63) is 30.6 Å². The van der Waals surface area contributed by atoms with E-state index in [9.17, 15) is 4.79 Å². The lowest BCUT2D eigenvalue weighted by Crippen LogP contribution is -2.36. The summed E-state index contributed by atoms with van der Waals surface area (Å²) in [4.78, 5) is 16.3. The van der Waals surface area contributed by atoms with Crippen molar-refractivity contribution in [3.8, 4) is 11.3 Å². The normalized spacial score (nSPS) is 20.0. The number of carbonyl (C=O) groups is 1. The Morgan fingerprint density at radius 3 is 2.68 bits per heavy atom. The third-order valence-electron chi connectivity index (χ3n) is 4.99. The molecule has 4 rings (SSSR count). The second-order valence-corrected chi connectivity index (χ2v) is 6.71. The number of hydrogen-bond donors (Lipinski definition) is 2. The summed E-state index contributed by atoms with van der Waals surface area (Å²) in [5.74, 6) is 0.555. The summed E-state index contributed by atoms with van der Waals surface area (Å²) in [6.07, 6.45) is 7.61. The van der Waals surface area contributed by atoms with Crippen LogP contribution < -0.4 is 5.32 Å². The number of aromatic amines is 1. The van der Waals surface area contributed by atoms with E-state index in [0.29, 0.717) is 31.4 Å². The van der Waals surface area contributed by atoms with Gasteiger partial charge in [0.25, 0.3) is 0 Å². The summed E-state index contributed by atoms with van der Waals surface area (Å²) in [6.45, 7) is 1.37. The number of H-pyrrole nitrogens is 1. The van der Waals surface area contributed by atoms with Crippen LogP contribution in [0.25, 0.3) is 11.3 Å². The quantitative estimate of drug-likeness (QED) is 0.892. The third-order valence-corrected chi connectivity index (χ3v) is 4.99. The molecule has 0 bridgehead atoms. The van der Waals surface area contributed by atoms with Gasteiger partial charge in [-0.1, -0.05) is 0 Å². The fourth-order valence-electron chi connectivity index (χ4n) is 3.63. The molecule has 3 heterocycles. The van der Waals surface area contributed by atoms with Crippen LogP contribution in [-0.2, 0) is 14.3 Å². The van der Waals surface area contributed by atoms with Crippen molar-refractivity contribution >= 4 is 11.7 Å². The average molecular weight is 342 g/mol. The van der Waals surface area contributed by atoms with Gasteiger partial charge in [-0.05, 0) is 30.9 Å². The van der Waals surface area contributed by atoms with Crippen LogP contribution in [0.15, 0.2) is 30.6 Å². The number of nitrogens with one attached hydrogen (secondary N) is 2. The Morgan fingerprint density at radius 2 is 1.96 bits per heavy atom. The van der Waals surface area contributed by atoms with E-state index in [0.717, 1.165) is 36.9 Å². The molecule has 0 atom stereocenters. The maximum absolute atomic E-state index is 12.3. The van der Waals surface area contributed by atoms with E-state index < -0.39 is 0 Å². The lowest BCUT2D eigenvalue weighted by molar-refractivity contribution is -0.183. The van der Waals surface area contributed by atoms with Crippen LogP contribution in [0.1, 0.15) is 32.1 Å². The summed E-state index contributed by atoms with van der Waals surface area (Å²) >= 11 is 0. The number of aromatic nitrogens is 3. The highest BCUT2D eigenvalue weighted by molar-refractivity contribution is 5.90. The Morgan fingerprint density at radius 1 is 1.24 bits per heavy atom. The van der Waals surface area contributed by atoms with Crippen molar-refractivity contribution < 1.29 is 14.3 Å². The first-order valence-electron chi connectivity index (χ1n) is 8.76. The van der Waals surface area contributed by atoms with Crippen LogP contribution in [0, 0.1) is 5.92 Å². The highest BCUT2D eigenvalue weighted by atomic mass is 16.7. The van der Waals surface area contributed by atoms with Crippen LogP contribution in [0.3, 0.4) is 0 Å². The Balaban J connectivity index is 1.29. The Labute approximate surface area is 146 Å². The van der Waals surface area contributed by atoms with Crippen molar-refractivity contribution in [3.63, 3.8) is 0 Å². The maximum atomic E-state index is 12.3. The standard InChI is InChI=1S/C18H22N4O3/c23-17(11-13-1-5-18(6-2-13)24-9-10-25-18)20-16-12-15(21-22-16)14-3-7-19-8-4-14/h3-4,7-8,12-13H,1-2,5-6,9-11H2,(H2,20,21,22,23). The van der Waals surface area contributed by atoms with Crippen molar-refractivity contribution in [2.24, 2.45) is 5.92 Å². The minimum Gasteiger partial charge on any atom is -0.348 e. The zero-order valence-electron chi connectivity index (χ0n) is 14.0. The summed E-state index contributed by atoms with van der Waals surface area (Å²) in [5.41, 5.74) is 1.84. The molecule has 2 aliphatic rings. The van der Waals surface area contributed by atoms with Crippen molar-refractivity contribution in [1.82, 2.24) is 15.2 Å². The molecule has 25 heavy (non-hydrogen) atoms. The molecule has 1 aliphatic carbocycles. The molecular formula is C18H22N4O3. The summed E-state index contributed by atoms with van der Waals surface area (Å²) in [6, 6.07) is 5.62. The van der Waals surface area contributed by atoms with E-state index in [2.05, 4.69) is 20.5 Å². The number of hydrogen-bond acceptors (Lipinski definition) is 5. The molecule has 7 nitrogen and oxygen atoms in total. The topological polar surface area (TPSA) is 89.1 Å². The number of ether oxygens (including phenoxy) is 2. The van der Waals surface area contributed by atoms with Gasteiger partial charge in [0.05, 0.1) is 18.9 Å². The van der Waals surface area contributed by atoms with Gasteiger partial charge in [-0.2, -0.15) is 5.10 Å². The fourth-order valence-corrected chi connectivity index (χ4v) is 3.63. The van der Waals surface area contributed by atoms with Crippen molar-refractivity contribution in [2.45, 2.75) is 37.9 Å². The molecule has 2 fully saturated rings. The van der Waals surface area contributed by atoms with E-state index in [4.69, 9.17) is 9.47 Å². The molecule has 0 radical (unpaired) electrons. The highest BCUT2D eigenvalue weighted by Crippen LogP contribution is 2.39. The van der Waals surface area contributed by atoms with Gasteiger partial charge in [-0.15, -0.1) is 0 Å². The summed E-state index contributed by atoms with van der Waals surface area (Å²) in [5, 5.41) is 9.99. The van der Waals surface area contributed by atoms with Gasteiger partial charge in [-0.3, -0.25) is 14.9 Å². The summed E-state index contributed by atoms with van der Waals surface area (Å²) in [7, 11) is 0. The Bertz CT molecular complexity index is 715. The summed E-state index contributed by atoms with van der Waals surface area (Å²) < 4.78 is 11.5. The molecule has 1 spiro atoms. The predicted molar refractivity (Wildman–Crippen MR) is 91.7 cm³/mol. The van der Waals surface area contributed by atoms with Gasteiger partial charge in [0.15, 0.2) is 11.6 Å². The first kappa shape index (κ1) is 16.2. The van der Waals surface area contributed by atoms with Crippen LogP contribution in [0.2, 0.25) is 0 Å². The maximum Gasteiger partial charge on any atom is 0.225 e. The molecule has 0 aromatic carbocycles. The van der Waals surface area contributed by atoms with E-state index in [-0.39, 0.29) is 11.7 Å². The molecule has 1 saturated heterocycles. The van der Waals surface area contributed by atoms with E-state index in [1.807, 2.05) is 18.2 Å².